The second-order valence-corrected chi connectivity index (χ2v) is 6.54. The van der Waals surface area contributed by atoms with Crippen LogP contribution >= 0.6 is 15.9 Å². The van der Waals surface area contributed by atoms with E-state index in [9.17, 15) is 4.79 Å². The Morgan fingerprint density at radius 1 is 1.12 bits per heavy atom. The first-order valence-corrected chi connectivity index (χ1v) is 9.33. The average molecular weight is 406 g/mol. The van der Waals surface area contributed by atoms with E-state index in [1.54, 1.807) is 6.07 Å². The van der Waals surface area contributed by atoms with E-state index in [-0.39, 0.29) is 5.91 Å². The molecule has 2 aromatic rings. The molecule has 2 aromatic carbocycles. The standard InChI is InChI=1S/C20H24BrNO3/c1-3-5-12-24-14-16-13-15(6-11-19(16)25-4-2)20(23)22-18-9-7-17(21)8-10-18/h6-11,13H,3-5,12,14H2,1-2H3,(H,22,23). The van der Waals surface area contributed by atoms with Crippen molar-refractivity contribution in [2.24, 2.45) is 0 Å². The highest BCUT2D eigenvalue weighted by Crippen LogP contribution is 2.22. The molecule has 5 heteroatoms. The minimum absolute atomic E-state index is 0.153. The molecule has 1 N–H and O–H groups in total. The third kappa shape index (κ3) is 6.18. The lowest BCUT2D eigenvalue weighted by Gasteiger charge is -2.13. The van der Waals surface area contributed by atoms with Gasteiger partial charge in [-0.15, -0.1) is 0 Å². The quantitative estimate of drug-likeness (QED) is 0.566. The maximum atomic E-state index is 12.5. The Morgan fingerprint density at radius 3 is 2.56 bits per heavy atom. The summed E-state index contributed by atoms with van der Waals surface area (Å²) in [5.41, 5.74) is 2.23. The zero-order valence-electron chi connectivity index (χ0n) is 14.7. The van der Waals surface area contributed by atoms with Crippen molar-refractivity contribution in [2.45, 2.75) is 33.3 Å². The summed E-state index contributed by atoms with van der Waals surface area (Å²) >= 11 is 3.38. The van der Waals surface area contributed by atoms with Gasteiger partial charge in [-0.05, 0) is 55.8 Å². The zero-order valence-corrected chi connectivity index (χ0v) is 16.3. The number of amides is 1. The molecule has 0 aliphatic rings. The van der Waals surface area contributed by atoms with Crippen molar-refractivity contribution in [1.29, 1.82) is 0 Å². The summed E-state index contributed by atoms with van der Waals surface area (Å²) < 4.78 is 12.3. The Hall–Kier alpha value is -1.85. The van der Waals surface area contributed by atoms with E-state index < -0.39 is 0 Å². The van der Waals surface area contributed by atoms with Crippen molar-refractivity contribution in [3.63, 3.8) is 0 Å². The van der Waals surface area contributed by atoms with Crippen LogP contribution in [-0.4, -0.2) is 19.1 Å². The van der Waals surface area contributed by atoms with Crippen LogP contribution in [0.3, 0.4) is 0 Å². The molecule has 1 amide bonds. The summed E-state index contributed by atoms with van der Waals surface area (Å²) in [7, 11) is 0. The number of rotatable bonds is 9. The molecule has 0 aliphatic heterocycles. The van der Waals surface area contributed by atoms with Crippen molar-refractivity contribution in [3.8, 4) is 5.75 Å². The van der Waals surface area contributed by atoms with Gasteiger partial charge in [-0.1, -0.05) is 29.3 Å². The monoisotopic (exact) mass is 405 g/mol. The Bertz CT molecular complexity index is 686. The molecule has 4 nitrogen and oxygen atoms in total. The van der Waals surface area contributed by atoms with E-state index in [2.05, 4.69) is 28.2 Å². The average Bonchev–Trinajstić information content (AvgIpc) is 2.62. The molecule has 0 heterocycles. The third-order valence-corrected chi connectivity index (χ3v) is 4.15. The highest BCUT2D eigenvalue weighted by molar-refractivity contribution is 9.10. The number of hydrogen-bond acceptors (Lipinski definition) is 3. The molecule has 0 aromatic heterocycles. The highest BCUT2D eigenvalue weighted by atomic mass is 79.9. The summed E-state index contributed by atoms with van der Waals surface area (Å²) in [5.74, 6) is 0.611. The number of nitrogens with one attached hydrogen (secondary N) is 1. The number of carbonyl (C=O) groups excluding carboxylic acids is 1. The minimum atomic E-state index is -0.153. The lowest BCUT2D eigenvalue weighted by molar-refractivity contribution is 0.102. The Morgan fingerprint density at radius 2 is 1.88 bits per heavy atom. The van der Waals surface area contributed by atoms with E-state index in [0.29, 0.717) is 25.4 Å². The number of ether oxygens (including phenoxy) is 2. The first-order valence-electron chi connectivity index (χ1n) is 8.54. The molecule has 0 unspecified atom stereocenters. The van der Waals surface area contributed by atoms with Crippen molar-refractivity contribution in [1.82, 2.24) is 0 Å². The topological polar surface area (TPSA) is 47.6 Å². The number of hydrogen-bond donors (Lipinski definition) is 1. The van der Waals surface area contributed by atoms with Crippen LogP contribution in [0.15, 0.2) is 46.9 Å². The molecule has 0 aliphatic carbocycles. The normalized spacial score (nSPS) is 10.5. The number of carbonyl (C=O) groups is 1. The van der Waals surface area contributed by atoms with Crippen LogP contribution in [-0.2, 0) is 11.3 Å². The maximum Gasteiger partial charge on any atom is 0.255 e. The van der Waals surface area contributed by atoms with Gasteiger partial charge in [0.05, 0.1) is 13.2 Å². The fourth-order valence-electron chi connectivity index (χ4n) is 2.29. The molecule has 0 saturated heterocycles. The molecular formula is C20H24BrNO3. The van der Waals surface area contributed by atoms with Crippen LogP contribution in [0.5, 0.6) is 5.75 Å². The van der Waals surface area contributed by atoms with Gasteiger partial charge in [0.2, 0.25) is 0 Å². The number of unbranched alkanes of at least 4 members (excludes halogenated alkanes) is 1. The molecule has 0 saturated carbocycles. The van der Waals surface area contributed by atoms with Gasteiger partial charge in [-0.3, -0.25) is 4.79 Å². The first-order chi connectivity index (χ1) is 12.1. The van der Waals surface area contributed by atoms with E-state index in [1.165, 1.54) is 0 Å². The lowest BCUT2D eigenvalue weighted by atomic mass is 10.1. The van der Waals surface area contributed by atoms with E-state index in [0.717, 1.165) is 34.3 Å². The second-order valence-electron chi connectivity index (χ2n) is 5.62. The molecular weight excluding hydrogens is 382 g/mol. The zero-order chi connectivity index (χ0) is 18.1. The molecule has 0 radical (unpaired) electrons. The summed E-state index contributed by atoms with van der Waals surface area (Å²) in [6, 6.07) is 12.9. The summed E-state index contributed by atoms with van der Waals surface area (Å²) in [4.78, 5) is 12.5. The molecule has 25 heavy (non-hydrogen) atoms. The van der Waals surface area contributed by atoms with E-state index in [4.69, 9.17) is 9.47 Å². The van der Waals surface area contributed by atoms with Crippen LogP contribution in [0.1, 0.15) is 42.6 Å². The van der Waals surface area contributed by atoms with Crippen molar-refractivity contribution in [3.05, 3.63) is 58.1 Å². The lowest BCUT2D eigenvalue weighted by Crippen LogP contribution is -2.12. The second kappa shape index (κ2) is 10.2. The third-order valence-electron chi connectivity index (χ3n) is 3.62. The first kappa shape index (κ1) is 19.5. The maximum absolute atomic E-state index is 12.5. The molecule has 0 spiro atoms. The van der Waals surface area contributed by atoms with Crippen LogP contribution < -0.4 is 10.1 Å². The van der Waals surface area contributed by atoms with E-state index >= 15 is 0 Å². The van der Waals surface area contributed by atoms with Crippen LogP contribution in [0.25, 0.3) is 0 Å². The van der Waals surface area contributed by atoms with Gasteiger partial charge in [0.1, 0.15) is 5.75 Å². The molecule has 0 atom stereocenters. The molecule has 2 rings (SSSR count). The molecule has 0 bridgehead atoms. The molecule has 134 valence electrons. The summed E-state index contributed by atoms with van der Waals surface area (Å²) in [5, 5.41) is 2.90. The van der Waals surface area contributed by atoms with Crippen LogP contribution in [0, 0.1) is 0 Å². The van der Waals surface area contributed by atoms with Gasteiger partial charge in [0.15, 0.2) is 0 Å². The summed E-state index contributed by atoms with van der Waals surface area (Å²) in [6.45, 7) is 5.79. The SMILES string of the molecule is CCCCOCc1cc(C(=O)Nc2ccc(Br)cc2)ccc1OCC. The Labute approximate surface area is 157 Å². The van der Waals surface area contributed by atoms with Gasteiger partial charge in [-0.2, -0.15) is 0 Å². The van der Waals surface area contributed by atoms with E-state index in [1.807, 2.05) is 43.3 Å². The number of halogens is 1. The Balaban J connectivity index is 2.10. The predicted octanol–water partition coefficient (Wildman–Crippen LogP) is 5.42. The fraction of sp³-hybridized carbons (Fsp3) is 0.350. The van der Waals surface area contributed by atoms with Gasteiger partial charge in [-0.25, -0.2) is 0 Å². The predicted molar refractivity (Wildman–Crippen MR) is 104 cm³/mol. The summed E-state index contributed by atoms with van der Waals surface area (Å²) in [6.07, 6.45) is 2.11. The smallest absolute Gasteiger partial charge is 0.255 e. The highest BCUT2D eigenvalue weighted by Gasteiger charge is 2.11. The van der Waals surface area contributed by atoms with Gasteiger partial charge in [0, 0.05) is 27.9 Å². The molecule has 0 fully saturated rings. The number of anilines is 1. The van der Waals surface area contributed by atoms with Crippen molar-refractivity contribution in [2.75, 3.05) is 18.5 Å². The largest absolute Gasteiger partial charge is 0.494 e. The van der Waals surface area contributed by atoms with Crippen molar-refractivity contribution < 1.29 is 14.3 Å². The van der Waals surface area contributed by atoms with Crippen LogP contribution in [0.2, 0.25) is 0 Å². The van der Waals surface area contributed by atoms with Gasteiger partial charge < -0.3 is 14.8 Å². The minimum Gasteiger partial charge on any atom is -0.494 e. The van der Waals surface area contributed by atoms with Crippen LogP contribution in [0.4, 0.5) is 5.69 Å². The van der Waals surface area contributed by atoms with Gasteiger partial charge >= 0.3 is 0 Å². The number of benzene rings is 2. The van der Waals surface area contributed by atoms with Gasteiger partial charge in [0.25, 0.3) is 5.91 Å². The fourth-order valence-corrected chi connectivity index (χ4v) is 2.56. The van der Waals surface area contributed by atoms with Crippen molar-refractivity contribution >= 4 is 27.5 Å². The Kier molecular flexibility index (Phi) is 7.95.